The fraction of sp³-hybridized carbons (Fsp3) is 0.304. The molecule has 0 radical (unpaired) electrons. The van der Waals surface area contributed by atoms with Crippen molar-refractivity contribution in [2.75, 3.05) is 38.4 Å². The molecule has 1 atom stereocenters. The number of ether oxygens (including phenoxy) is 4. The highest BCUT2D eigenvalue weighted by atomic mass is 32.1. The van der Waals surface area contributed by atoms with Crippen LogP contribution in [0.25, 0.3) is 0 Å². The highest BCUT2D eigenvalue weighted by molar-refractivity contribution is 7.80. The van der Waals surface area contributed by atoms with E-state index in [-0.39, 0.29) is 6.61 Å². The van der Waals surface area contributed by atoms with Gasteiger partial charge in [-0.2, -0.15) is 0 Å². The summed E-state index contributed by atoms with van der Waals surface area (Å²) in [5.74, 6) is 0.920. The predicted molar refractivity (Wildman–Crippen MR) is 120 cm³/mol. The van der Waals surface area contributed by atoms with Crippen molar-refractivity contribution in [2.45, 2.75) is 13.0 Å². The highest BCUT2D eigenvalue weighted by Gasteiger charge is 2.35. The maximum absolute atomic E-state index is 13.1. The molecule has 2 aliphatic rings. The van der Waals surface area contributed by atoms with Gasteiger partial charge >= 0.3 is 5.97 Å². The SMILES string of the molecule is COCCOC(=O)C1=C(C)N(c2ccc3c(c2)OCCO3)C(=S)NC1c1ccccc1. The molecule has 31 heavy (non-hydrogen) atoms. The number of carbonyl (C=O) groups excluding carboxylic acids is 1. The summed E-state index contributed by atoms with van der Waals surface area (Å²) in [7, 11) is 1.56. The molecule has 0 spiro atoms. The first-order chi connectivity index (χ1) is 15.1. The summed E-state index contributed by atoms with van der Waals surface area (Å²) < 4.78 is 21.8. The number of methoxy groups -OCH3 is 1. The molecule has 1 unspecified atom stereocenters. The van der Waals surface area contributed by atoms with Gasteiger partial charge in [-0.15, -0.1) is 0 Å². The number of thiocarbonyl (C=S) groups is 1. The van der Waals surface area contributed by atoms with E-state index >= 15 is 0 Å². The third kappa shape index (κ3) is 4.35. The van der Waals surface area contributed by atoms with Crippen molar-refractivity contribution in [1.29, 1.82) is 0 Å². The molecular formula is C23H24N2O5S. The fourth-order valence-corrected chi connectivity index (χ4v) is 4.04. The Morgan fingerprint density at radius 1 is 1.13 bits per heavy atom. The van der Waals surface area contributed by atoms with E-state index in [1.165, 1.54) is 0 Å². The first kappa shape index (κ1) is 21.1. The number of nitrogens with zero attached hydrogens (tertiary/aromatic N) is 1. The Morgan fingerprint density at radius 3 is 2.61 bits per heavy atom. The topological polar surface area (TPSA) is 69.3 Å². The van der Waals surface area contributed by atoms with Gasteiger partial charge in [0.25, 0.3) is 0 Å². The van der Waals surface area contributed by atoms with Crippen LogP contribution in [-0.4, -0.2) is 44.6 Å². The summed E-state index contributed by atoms with van der Waals surface area (Å²) in [4.78, 5) is 14.9. The number of nitrogens with one attached hydrogen (secondary N) is 1. The molecule has 4 rings (SSSR count). The Bertz CT molecular complexity index is 1010. The van der Waals surface area contributed by atoms with Gasteiger partial charge in [0, 0.05) is 18.9 Å². The Hall–Kier alpha value is -3.10. The quantitative estimate of drug-likeness (QED) is 0.417. The van der Waals surface area contributed by atoms with E-state index in [9.17, 15) is 4.79 Å². The van der Waals surface area contributed by atoms with Gasteiger partial charge in [0.05, 0.1) is 23.9 Å². The van der Waals surface area contributed by atoms with Gasteiger partial charge in [-0.25, -0.2) is 4.79 Å². The molecule has 7 nitrogen and oxygen atoms in total. The second kappa shape index (κ2) is 9.36. The van der Waals surface area contributed by atoms with Gasteiger partial charge in [0.1, 0.15) is 19.8 Å². The molecule has 2 heterocycles. The van der Waals surface area contributed by atoms with E-state index in [4.69, 9.17) is 31.2 Å². The normalized spacial score (nSPS) is 17.9. The Kier molecular flexibility index (Phi) is 6.39. The summed E-state index contributed by atoms with van der Waals surface area (Å²) in [5, 5.41) is 3.79. The van der Waals surface area contributed by atoms with Crippen molar-refractivity contribution in [2.24, 2.45) is 0 Å². The molecule has 8 heteroatoms. The lowest BCUT2D eigenvalue weighted by Gasteiger charge is -2.37. The zero-order chi connectivity index (χ0) is 21.8. The van der Waals surface area contributed by atoms with Crippen molar-refractivity contribution in [1.82, 2.24) is 5.32 Å². The van der Waals surface area contributed by atoms with Crippen LogP contribution in [0.4, 0.5) is 5.69 Å². The van der Waals surface area contributed by atoms with Gasteiger partial charge in [-0.1, -0.05) is 30.3 Å². The first-order valence-electron chi connectivity index (χ1n) is 10.0. The van der Waals surface area contributed by atoms with Crippen LogP contribution in [0.1, 0.15) is 18.5 Å². The van der Waals surface area contributed by atoms with Gasteiger partial charge in [-0.05, 0) is 36.8 Å². The molecular weight excluding hydrogens is 416 g/mol. The van der Waals surface area contributed by atoms with E-state index < -0.39 is 12.0 Å². The Morgan fingerprint density at radius 2 is 1.87 bits per heavy atom. The molecule has 2 aromatic carbocycles. The second-order valence-corrected chi connectivity index (χ2v) is 7.47. The van der Waals surface area contributed by atoms with Gasteiger partial charge in [-0.3, -0.25) is 4.90 Å². The van der Waals surface area contributed by atoms with Crippen molar-refractivity contribution in [3.63, 3.8) is 0 Å². The predicted octanol–water partition coefficient (Wildman–Crippen LogP) is 3.36. The van der Waals surface area contributed by atoms with Crippen molar-refractivity contribution >= 4 is 29.0 Å². The maximum Gasteiger partial charge on any atom is 0.338 e. The van der Waals surface area contributed by atoms with Crippen LogP contribution in [0.5, 0.6) is 11.5 Å². The van der Waals surface area contributed by atoms with E-state index in [0.717, 1.165) is 11.3 Å². The smallest absolute Gasteiger partial charge is 0.338 e. The maximum atomic E-state index is 13.1. The van der Waals surface area contributed by atoms with Crippen LogP contribution >= 0.6 is 12.2 Å². The fourth-order valence-electron chi connectivity index (χ4n) is 3.68. The first-order valence-corrected chi connectivity index (χ1v) is 10.4. The summed E-state index contributed by atoms with van der Waals surface area (Å²) in [6.07, 6.45) is 0. The van der Waals surface area contributed by atoms with Crippen LogP contribution in [-0.2, 0) is 14.3 Å². The molecule has 162 valence electrons. The third-order valence-corrected chi connectivity index (χ3v) is 5.44. The number of benzene rings is 2. The summed E-state index contributed by atoms with van der Waals surface area (Å²) >= 11 is 5.70. The average molecular weight is 441 g/mol. The lowest BCUT2D eigenvalue weighted by Crippen LogP contribution is -2.48. The molecule has 0 saturated carbocycles. The number of carbonyl (C=O) groups is 1. The summed E-state index contributed by atoms with van der Waals surface area (Å²) in [5.41, 5.74) is 2.88. The summed E-state index contributed by atoms with van der Waals surface area (Å²) in [6.45, 7) is 3.37. The standard InChI is InChI=1S/C23H24N2O5S/c1-15-20(22(26)30-11-10-27-2)21(16-6-4-3-5-7-16)24-23(31)25(15)17-8-9-18-19(14-17)29-13-12-28-18/h3-9,14,21H,10-13H2,1-2H3,(H,24,31). The lowest BCUT2D eigenvalue weighted by atomic mass is 9.95. The van der Waals surface area contributed by atoms with Gasteiger partial charge in [0.15, 0.2) is 16.6 Å². The number of hydrogen-bond donors (Lipinski definition) is 1. The van der Waals surface area contributed by atoms with Gasteiger partial charge in [0.2, 0.25) is 0 Å². The minimum atomic E-state index is -0.419. The number of anilines is 1. The van der Waals surface area contributed by atoms with Crippen molar-refractivity contribution in [3.8, 4) is 11.5 Å². The zero-order valence-electron chi connectivity index (χ0n) is 17.4. The molecule has 0 aromatic heterocycles. The largest absolute Gasteiger partial charge is 0.486 e. The minimum absolute atomic E-state index is 0.169. The number of rotatable bonds is 6. The van der Waals surface area contributed by atoms with E-state index in [1.54, 1.807) is 7.11 Å². The average Bonchev–Trinajstić information content (AvgIpc) is 2.79. The van der Waals surface area contributed by atoms with E-state index in [2.05, 4.69) is 5.32 Å². The number of fused-ring (bicyclic) bond motifs is 1. The lowest BCUT2D eigenvalue weighted by molar-refractivity contribution is -0.140. The molecule has 1 N–H and O–H groups in total. The van der Waals surface area contributed by atoms with Crippen molar-refractivity contribution in [3.05, 3.63) is 65.4 Å². The molecule has 0 aliphatic carbocycles. The number of allylic oxidation sites excluding steroid dienone is 1. The van der Waals surface area contributed by atoms with Crippen LogP contribution < -0.4 is 19.7 Å². The summed E-state index contributed by atoms with van der Waals surface area (Å²) in [6, 6.07) is 14.9. The molecule has 0 fully saturated rings. The molecule has 2 aromatic rings. The van der Waals surface area contributed by atoms with Crippen LogP contribution in [0.15, 0.2) is 59.8 Å². The van der Waals surface area contributed by atoms with Gasteiger partial charge < -0.3 is 24.3 Å². The Balaban J connectivity index is 1.75. The molecule has 0 bridgehead atoms. The number of esters is 1. The minimum Gasteiger partial charge on any atom is -0.486 e. The Labute approximate surface area is 186 Å². The second-order valence-electron chi connectivity index (χ2n) is 7.08. The van der Waals surface area contributed by atoms with Crippen LogP contribution in [0.3, 0.4) is 0 Å². The molecule has 2 aliphatic heterocycles. The van der Waals surface area contributed by atoms with Crippen LogP contribution in [0.2, 0.25) is 0 Å². The molecule has 0 saturated heterocycles. The van der Waals surface area contributed by atoms with E-state index in [1.807, 2.05) is 60.4 Å². The highest BCUT2D eigenvalue weighted by Crippen LogP contribution is 2.38. The third-order valence-electron chi connectivity index (χ3n) is 5.14. The van der Waals surface area contributed by atoms with E-state index in [0.29, 0.717) is 47.7 Å². The van der Waals surface area contributed by atoms with Crippen LogP contribution in [0, 0.1) is 0 Å². The monoisotopic (exact) mass is 440 g/mol. The zero-order valence-corrected chi connectivity index (χ0v) is 18.2. The number of hydrogen-bond acceptors (Lipinski definition) is 6. The molecule has 0 amide bonds. The van der Waals surface area contributed by atoms with Crippen molar-refractivity contribution < 1.29 is 23.7 Å².